The number of cyclic esters (lactones) is 1. The van der Waals surface area contributed by atoms with Gasteiger partial charge < -0.3 is 9.84 Å². The van der Waals surface area contributed by atoms with Crippen LogP contribution in [0.2, 0.25) is 0 Å². The Kier molecular flexibility index (Phi) is 3.40. The number of amides is 2. The Labute approximate surface area is 93.8 Å². The Morgan fingerprint density at radius 2 is 2.31 bits per heavy atom. The number of carbonyl (C=O) groups excluding carboxylic acids is 2. The lowest BCUT2D eigenvalue weighted by atomic mass is 10.2. The van der Waals surface area contributed by atoms with Crippen molar-refractivity contribution in [3.05, 3.63) is 0 Å². The molecule has 2 fully saturated rings. The second-order valence-electron chi connectivity index (χ2n) is 4.11. The first-order valence-electron chi connectivity index (χ1n) is 5.54. The minimum absolute atomic E-state index is 0.0579. The molecule has 0 radical (unpaired) electrons. The van der Waals surface area contributed by atoms with Gasteiger partial charge in [0.1, 0.15) is 6.61 Å². The molecule has 1 N–H and O–H groups in total. The number of nitrogens with zero attached hydrogens (tertiary/aromatic N) is 2. The Morgan fingerprint density at radius 1 is 1.50 bits per heavy atom. The van der Waals surface area contributed by atoms with E-state index in [0.717, 1.165) is 24.3 Å². The van der Waals surface area contributed by atoms with Crippen LogP contribution in [0.1, 0.15) is 12.8 Å². The number of ether oxygens (including phenoxy) is 1. The number of likely N-dealkylation sites (tertiary alicyclic amines) is 1. The van der Waals surface area contributed by atoms with E-state index in [4.69, 9.17) is 9.84 Å². The molecular weight excluding hydrogens is 212 g/mol. The van der Waals surface area contributed by atoms with Crippen molar-refractivity contribution in [2.75, 3.05) is 32.8 Å². The van der Waals surface area contributed by atoms with E-state index in [-0.39, 0.29) is 31.7 Å². The normalized spacial score (nSPS) is 26.2. The van der Waals surface area contributed by atoms with Crippen molar-refractivity contribution in [2.24, 2.45) is 0 Å². The third-order valence-electron chi connectivity index (χ3n) is 3.11. The van der Waals surface area contributed by atoms with Gasteiger partial charge in [-0.1, -0.05) is 0 Å². The predicted octanol–water partition coefficient (Wildman–Crippen LogP) is -0.578. The van der Waals surface area contributed by atoms with Crippen LogP contribution >= 0.6 is 0 Å². The summed E-state index contributed by atoms with van der Waals surface area (Å²) in [6.07, 6.45) is 1.35. The van der Waals surface area contributed by atoms with Crippen molar-refractivity contribution in [1.29, 1.82) is 0 Å². The Bertz CT molecular complexity index is 295. The fourth-order valence-corrected chi connectivity index (χ4v) is 2.19. The highest BCUT2D eigenvalue weighted by molar-refractivity contribution is 5.94. The smallest absolute Gasteiger partial charge is 0.416 e. The van der Waals surface area contributed by atoms with Gasteiger partial charge in [-0.15, -0.1) is 0 Å². The lowest BCUT2D eigenvalue weighted by Crippen LogP contribution is -2.43. The molecule has 2 rings (SSSR count). The minimum Gasteiger partial charge on any atom is -0.447 e. The fraction of sp³-hybridized carbons (Fsp3) is 0.800. The van der Waals surface area contributed by atoms with E-state index >= 15 is 0 Å². The summed E-state index contributed by atoms with van der Waals surface area (Å²) in [5, 5.41) is 9.11. The molecule has 0 spiro atoms. The second-order valence-corrected chi connectivity index (χ2v) is 4.11. The molecule has 2 amide bonds. The maximum Gasteiger partial charge on any atom is 0.416 e. The highest BCUT2D eigenvalue weighted by Crippen LogP contribution is 2.17. The van der Waals surface area contributed by atoms with Crippen LogP contribution in [-0.4, -0.2) is 65.8 Å². The zero-order valence-electron chi connectivity index (χ0n) is 9.09. The van der Waals surface area contributed by atoms with E-state index in [1.807, 2.05) is 4.90 Å². The molecular formula is C10H16N2O4. The van der Waals surface area contributed by atoms with Gasteiger partial charge in [-0.05, 0) is 19.4 Å². The molecule has 0 saturated carbocycles. The van der Waals surface area contributed by atoms with Gasteiger partial charge in [0.2, 0.25) is 5.91 Å². The van der Waals surface area contributed by atoms with Gasteiger partial charge in [-0.3, -0.25) is 9.69 Å². The van der Waals surface area contributed by atoms with Gasteiger partial charge >= 0.3 is 6.09 Å². The van der Waals surface area contributed by atoms with Gasteiger partial charge in [0.25, 0.3) is 0 Å². The van der Waals surface area contributed by atoms with Crippen molar-refractivity contribution < 1.29 is 19.4 Å². The molecule has 2 saturated heterocycles. The molecule has 6 nitrogen and oxygen atoms in total. The molecule has 1 unspecified atom stereocenters. The van der Waals surface area contributed by atoms with Crippen LogP contribution in [0, 0.1) is 0 Å². The van der Waals surface area contributed by atoms with Gasteiger partial charge in [0.05, 0.1) is 19.7 Å². The molecule has 0 aromatic carbocycles. The Balaban J connectivity index is 1.89. The third-order valence-corrected chi connectivity index (χ3v) is 3.11. The van der Waals surface area contributed by atoms with E-state index in [1.54, 1.807) is 0 Å². The summed E-state index contributed by atoms with van der Waals surface area (Å²) < 4.78 is 4.70. The predicted molar refractivity (Wildman–Crippen MR) is 54.7 cm³/mol. The van der Waals surface area contributed by atoms with Gasteiger partial charge in [-0.2, -0.15) is 0 Å². The van der Waals surface area contributed by atoms with E-state index < -0.39 is 6.09 Å². The molecule has 2 heterocycles. The van der Waals surface area contributed by atoms with Crippen LogP contribution in [0.4, 0.5) is 4.79 Å². The van der Waals surface area contributed by atoms with Crippen LogP contribution in [0.5, 0.6) is 0 Å². The van der Waals surface area contributed by atoms with Crippen molar-refractivity contribution >= 4 is 12.0 Å². The third kappa shape index (κ3) is 2.17. The van der Waals surface area contributed by atoms with E-state index in [1.165, 1.54) is 0 Å². The Morgan fingerprint density at radius 3 is 2.94 bits per heavy atom. The highest BCUT2D eigenvalue weighted by Gasteiger charge is 2.32. The van der Waals surface area contributed by atoms with Crippen molar-refractivity contribution in [3.8, 4) is 0 Å². The lowest BCUT2D eigenvalue weighted by molar-refractivity contribution is -0.129. The van der Waals surface area contributed by atoms with Gasteiger partial charge in [0.15, 0.2) is 0 Å². The number of carbonyl (C=O) groups is 2. The molecule has 2 aliphatic rings. The molecule has 16 heavy (non-hydrogen) atoms. The topological polar surface area (TPSA) is 70.1 Å². The molecule has 90 valence electrons. The summed E-state index contributed by atoms with van der Waals surface area (Å²) in [7, 11) is 0. The van der Waals surface area contributed by atoms with Crippen molar-refractivity contribution in [2.45, 2.75) is 18.9 Å². The first kappa shape index (κ1) is 11.3. The van der Waals surface area contributed by atoms with Crippen molar-refractivity contribution in [1.82, 2.24) is 9.80 Å². The summed E-state index contributed by atoms with van der Waals surface area (Å²) in [4.78, 5) is 26.0. The number of aliphatic hydroxyl groups excluding tert-OH is 1. The molecule has 0 aromatic rings. The van der Waals surface area contributed by atoms with Gasteiger partial charge in [0, 0.05) is 6.04 Å². The van der Waals surface area contributed by atoms with E-state index in [0.29, 0.717) is 6.54 Å². The quantitative estimate of drug-likeness (QED) is 0.700. The maximum atomic E-state index is 11.8. The molecule has 0 aliphatic carbocycles. The van der Waals surface area contributed by atoms with Gasteiger partial charge in [-0.25, -0.2) is 9.69 Å². The van der Waals surface area contributed by atoms with Crippen LogP contribution in [0.25, 0.3) is 0 Å². The highest BCUT2D eigenvalue weighted by atomic mass is 16.6. The number of rotatable bonds is 3. The minimum atomic E-state index is -0.551. The second kappa shape index (κ2) is 4.80. The molecule has 0 aromatic heterocycles. The average Bonchev–Trinajstić information content (AvgIpc) is 2.86. The van der Waals surface area contributed by atoms with E-state index in [9.17, 15) is 9.59 Å². The molecule has 2 aliphatic heterocycles. The zero-order valence-corrected chi connectivity index (χ0v) is 9.09. The van der Waals surface area contributed by atoms with Crippen LogP contribution in [-0.2, 0) is 9.53 Å². The summed E-state index contributed by atoms with van der Waals surface area (Å²) in [6, 6.07) is 0.0579. The van der Waals surface area contributed by atoms with E-state index in [2.05, 4.69) is 0 Å². The number of aliphatic hydroxyl groups is 1. The standard InChI is InChI=1S/C10H16N2O4/c13-7-8-2-1-3-11(8)6-9(14)12-4-5-16-10(12)15/h8,13H,1-7H2. The maximum absolute atomic E-state index is 11.8. The number of hydrogen-bond acceptors (Lipinski definition) is 5. The largest absolute Gasteiger partial charge is 0.447 e. The number of hydrogen-bond donors (Lipinski definition) is 1. The zero-order chi connectivity index (χ0) is 11.5. The lowest BCUT2D eigenvalue weighted by Gasteiger charge is -2.23. The summed E-state index contributed by atoms with van der Waals surface area (Å²) in [6.45, 7) is 1.70. The number of imide groups is 1. The van der Waals surface area contributed by atoms with Crippen LogP contribution < -0.4 is 0 Å². The first-order valence-corrected chi connectivity index (χ1v) is 5.54. The van der Waals surface area contributed by atoms with Crippen LogP contribution in [0.15, 0.2) is 0 Å². The monoisotopic (exact) mass is 228 g/mol. The summed E-state index contributed by atoms with van der Waals surface area (Å²) >= 11 is 0. The molecule has 6 heteroatoms. The summed E-state index contributed by atoms with van der Waals surface area (Å²) in [5.74, 6) is -0.233. The van der Waals surface area contributed by atoms with Crippen LogP contribution in [0.3, 0.4) is 0 Å². The Hall–Kier alpha value is -1.14. The molecule has 0 bridgehead atoms. The fourth-order valence-electron chi connectivity index (χ4n) is 2.19. The average molecular weight is 228 g/mol. The first-order chi connectivity index (χ1) is 7.72. The summed E-state index contributed by atoms with van der Waals surface area (Å²) in [5.41, 5.74) is 0. The SMILES string of the molecule is O=C(CN1CCCC1CO)N1CCOC1=O. The van der Waals surface area contributed by atoms with Crippen molar-refractivity contribution in [3.63, 3.8) is 0 Å². The molecule has 1 atom stereocenters.